The van der Waals surface area contributed by atoms with Crippen LogP contribution in [0.1, 0.15) is 15.9 Å². The summed E-state index contributed by atoms with van der Waals surface area (Å²) >= 11 is 0. The van der Waals surface area contributed by atoms with Crippen molar-refractivity contribution < 1.29 is 9.18 Å². The molecule has 0 spiro atoms. The number of benzene rings is 1. The van der Waals surface area contributed by atoms with Gasteiger partial charge in [0.2, 0.25) is 0 Å². The van der Waals surface area contributed by atoms with E-state index in [0.29, 0.717) is 6.54 Å². The van der Waals surface area contributed by atoms with Crippen LogP contribution < -0.4 is 5.32 Å². The van der Waals surface area contributed by atoms with Gasteiger partial charge < -0.3 is 5.32 Å². The van der Waals surface area contributed by atoms with E-state index in [-0.39, 0.29) is 11.5 Å². The smallest absolute Gasteiger partial charge is 0.254 e. The molecule has 0 fully saturated rings. The number of amides is 1. The molecule has 0 aliphatic carbocycles. The van der Waals surface area contributed by atoms with Crippen molar-refractivity contribution in [3.63, 3.8) is 0 Å². The standard InChI is InChI=1S/C8H6FNO/c9-6-3-1-2-5-4-10-8(11)7(5)6/h1-3H,4H2,(H,10,11). The zero-order valence-electron chi connectivity index (χ0n) is 5.73. The predicted octanol–water partition coefficient (Wildman–Crippen LogP) is 1.07. The molecule has 0 radical (unpaired) electrons. The summed E-state index contributed by atoms with van der Waals surface area (Å²) in [6.45, 7) is 0.450. The molecule has 0 unspecified atom stereocenters. The van der Waals surface area contributed by atoms with Crippen molar-refractivity contribution >= 4 is 5.91 Å². The van der Waals surface area contributed by atoms with Crippen molar-refractivity contribution in [1.82, 2.24) is 5.32 Å². The molecular weight excluding hydrogens is 145 g/mol. The second-order valence-corrected chi connectivity index (χ2v) is 2.46. The molecule has 2 nitrogen and oxygen atoms in total. The monoisotopic (exact) mass is 151 g/mol. The number of nitrogens with one attached hydrogen (secondary N) is 1. The summed E-state index contributed by atoms with van der Waals surface area (Å²) in [7, 11) is 0. The summed E-state index contributed by atoms with van der Waals surface area (Å²) in [6, 6.07) is 4.65. The van der Waals surface area contributed by atoms with E-state index in [4.69, 9.17) is 0 Å². The zero-order chi connectivity index (χ0) is 7.84. The Morgan fingerprint density at radius 1 is 1.45 bits per heavy atom. The molecule has 1 amide bonds. The summed E-state index contributed by atoms with van der Waals surface area (Å²) in [5, 5.41) is 2.55. The highest BCUT2D eigenvalue weighted by Gasteiger charge is 2.21. The average molecular weight is 151 g/mol. The summed E-state index contributed by atoms with van der Waals surface area (Å²) in [5.74, 6) is -0.740. The fourth-order valence-electron chi connectivity index (χ4n) is 1.23. The molecule has 0 atom stereocenters. The van der Waals surface area contributed by atoms with E-state index in [0.717, 1.165) is 5.56 Å². The number of carbonyl (C=O) groups is 1. The lowest BCUT2D eigenvalue weighted by molar-refractivity contribution is 0.0962. The van der Waals surface area contributed by atoms with Crippen LogP contribution in [0, 0.1) is 5.82 Å². The van der Waals surface area contributed by atoms with Gasteiger partial charge in [0.25, 0.3) is 5.91 Å². The molecule has 1 aromatic carbocycles. The van der Waals surface area contributed by atoms with Gasteiger partial charge in [0.1, 0.15) is 5.82 Å². The maximum Gasteiger partial charge on any atom is 0.254 e. The normalized spacial score (nSPS) is 14.5. The Morgan fingerprint density at radius 3 is 3.00 bits per heavy atom. The minimum absolute atomic E-state index is 0.201. The molecule has 0 saturated carbocycles. The maximum absolute atomic E-state index is 12.9. The number of halogens is 1. The lowest BCUT2D eigenvalue weighted by Crippen LogP contribution is -2.13. The van der Waals surface area contributed by atoms with Gasteiger partial charge in [-0.1, -0.05) is 12.1 Å². The van der Waals surface area contributed by atoms with Gasteiger partial charge in [-0.15, -0.1) is 0 Å². The highest BCUT2D eigenvalue weighted by atomic mass is 19.1. The molecule has 2 rings (SSSR count). The third-order valence-electron chi connectivity index (χ3n) is 1.77. The molecule has 11 heavy (non-hydrogen) atoms. The van der Waals surface area contributed by atoms with E-state index < -0.39 is 5.82 Å². The number of hydrogen-bond donors (Lipinski definition) is 1. The number of hydrogen-bond acceptors (Lipinski definition) is 1. The van der Waals surface area contributed by atoms with Crippen molar-refractivity contribution in [2.24, 2.45) is 0 Å². The van der Waals surface area contributed by atoms with Gasteiger partial charge in [0.05, 0.1) is 5.56 Å². The van der Waals surface area contributed by atoms with E-state index in [9.17, 15) is 9.18 Å². The zero-order valence-corrected chi connectivity index (χ0v) is 5.73. The number of fused-ring (bicyclic) bond motifs is 1. The van der Waals surface area contributed by atoms with Gasteiger partial charge in [-0.2, -0.15) is 0 Å². The largest absolute Gasteiger partial charge is 0.348 e. The van der Waals surface area contributed by atoms with E-state index >= 15 is 0 Å². The van der Waals surface area contributed by atoms with Crippen LogP contribution >= 0.6 is 0 Å². The molecule has 1 heterocycles. The molecule has 1 aromatic rings. The first kappa shape index (κ1) is 6.34. The fraction of sp³-hybridized carbons (Fsp3) is 0.125. The maximum atomic E-state index is 12.9. The first-order valence-corrected chi connectivity index (χ1v) is 3.34. The van der Waals surface area contributed by atoms with Gasteiger partial charge in [0, 0.05) is 6.54 Å². The summed E-state index contributed by atoms with van der Waals surface area (Å²) < 4.78 is 12.9. The van der Waals surface area contributed by atoms with Crippen LogP contribution in [0.3, 0.4) is 0 Å². The van der Waals surface area contributed by atoms with Crippen LogP contribution in [0.15, 0.2) is 18.2 Å². The van der Waals surface area contributed by atoms with Crippen LogP contribution in [0.5, 0.6) is 0 Å². The first-order chi connectivity index (χ1) is 5.29. The summed E-state index contributed by atoms with van der Waals surface area (Å²) in [4.78, 5) is 10.9. The average Bonchev–Trinajstić information content (AvgIpc) is 2.34. The Balaban J connectivity index is 2.68. The van der Waals surface area contributed by atoms with Crippen LogP contribution in [-0.2, 0) is 6.54 Å². The SMILES string of the molecule is O=C1NCc2cccc(F)c21. The van der Waals surface area contributed by atoms with Gasteiger partial charge in [0.15, 0.2) is 0 Å². The molecule has 56 valence electrons. The Kier molecular flexibility index (Phi) is 1.18. The number of rotatable bonds is 0. The van der Waals surface area contributed by atoms with Crippen LogP contribution in [0.2, 0.25) is 0 Å². The Hall–Kier alpha value is -1.38. The van der Waals surface area contributed by atoms with Crippen molar-refractivity contribution in [1.29, 1.82) is 0 Å². The lowest BCUT2D eigenvalue weighted by atomic mass is 10.1. The highest BCUT2D eigenvalue weighted by molar-refractivity contribution is 5.98. The Morgan fingerprint density at radius 2 is 2.27 bits per heavy atom. The predicted molar refractivity (Wildman–Crippen MR) is 37.6 cm³/mol. The molecule has 1 N–H and O–H groups in total. The highest BCUT2D eigenvalue weighted by Crippen LogP contribution is 2.17. The van der Waals surface area contributed by atoms with E-state index in [1.54, 1.807) is 12.1 Å². The van der Waals surface area contributed by atoms with Gasteiger partial charge in [-0.05, 0) is 11.6 Å². The second-order valence-electron chi connectivity index (χ2n) is 2.46. The summed E-state index contributed by atoms with van der Waals surface area (Å²) in [5.41, 5.74) is 0.947. The van der Waals surface area contributed by atoms with E-state index in [2.05, 4.69) is 5.32 Å². The van der Waals surface area contributed by atoms with Crippen molar-refractivity contribution in [2.45, 2.75) is 6.54 Å². The Labute approximate surface area is 63.0 Å². The van der Waals surface area contributed by atoms with Crippen molar-refractivity contribution in [2.75, 3.05) is 0 Å². The molecule has 3 heteroatoms. The minimum atomic E-state index is -0.433. The van der Waals surface area contributed by atoms with Crippen LogP contribution in [-0.4, -0.2) is 5.91 Å². The first-order valence-electron chi connectivity index (χ1n) is 3.34. The molecule has 0 aromatic heterocycles. The van der Waals surface area contributed by atoms with E-state index in [1.807, 2.05) is 0 Å². The number of carbonyl (C=O) groups excluding carboxylic acids is 1. The fourth-order valence-corrected chi connectivity index (χ4v) is 1.23. The minimum Gasteiger partial charge on any atom is -0.348 e. The van der Waals surface area contributed by atoms with Crippen LogP contribution in [0.25, 0.3) is 0 Å². The lowest BCUT2D eigenvalue weighted by Gasteiger charge is -1.94. The quantitative estimate of drug-likeness (QED) is 0.590. The molecular formula is C8H6FNO. The third-order valence-corrected chi connectivity index (χ3v) is 1.77. The van der Waals surface area contributed by atoms with Gasteiger partial charge >= 0.3 is 0 Å². The molecule has 0 bridgehead atoms. The molecule has 1 aliphatic heterocycles. The van der Waals surface area contributed by atoms with Crippen molar-refractivity contribution in [3.05, 3.63) is 35.1 Å². The third kappa shape index (κ3) is 0.808. The van der Waals surface area contributed by atoms with Gasteiger partial charge in [-0.3, -0.25) is 4.79 Å². The topological polar surface area (TPSA) is 29.1 Å². The van der Waals surface area contributed by atoms with Gasteiger partial charge in [-0.25, -0.2) is 4.39 Å². The van der Waals surface area contributed by atoms with Crippen molar-refractivity contribution in [3.8, 4) is 0 Å². The van der Waals surface area contributed by atoms with Crippen LogP contribution in [0.4, 0.5) is 4.39 Å². The second kappa shape index (κ2) is 2.05. The molecule has 1 aliphatic rings. The summed E-state index contributed by atoms with van der Waals surface area (Å²) in [6.07, 6.45) is 0. The van der Waals surface area contributed by atoms with E-state index in [1.165, 1.54) is 6.07 Å². The Bertz CT molecular complexity index is 322. The molecule has 0 saturated heterocycles.